The summed E-state index contributed by atoms with van der Waals surface area (Å²) in [6.07, 6.45) is 5.21. The van der Waals surface area contributed by atoms with Gasteiger partial charge in [-0.25, -0.2) is 4.98 Å². The molecule has 3 aliphatic rings. The van der Waals surface area contributed by atoms with Crippen molar-refractivity contribution in [1.82, 2.24) is 9.88 Å². The van der Waals surface area contributed by atoms with Crippen molar-refractivity contribution in [3.63, 3.8) is 0 Å². The lowest BCUT2D eigenvalue weighted by Gasteiger charge is -2.33. The van der Waals surface area contributed by atoms with Gasteiger partial charge in [0.05, 0.1) is 12.0 Å². The number of ether oxygens (including phenoxy) is 1. The Bertz CT molecular complexity index is 1140. The Morgan fingerprint density at radius 2 is 2.12 bits per heavy atom. The standard InChI is InChI=1S/C25H26F3N3O2/c26-25(27,28)21-9-3-1-2-7-18-13-15-31(17-20(18)21)14-4-5-16-33-23-12-11-19-8-6-10-22(30-32)24(19)29-23/h2,7-8,11-12,21H,1,4-6,10,13-17H2/b7-2-. The largest absolute Gasteiger partial charge is 0.478 e. The van der Waals surface area contributed by atoms with E-state index in [1.807, 2.05) is 24.3 Å². The number of pyridine rings is 1. The molecule has 0 fully saturated rings. The molecular formula is C25H26F3N3O2. The zero-order chi connectivity index (χ0) is 23.3. The Morgan fingerprint density at radius 3 is 2.94 bits per heavy atom. The lowest BCUT2D eigenvalue weighted by atomic mass is 9.87. The molecule has 2 aliphatic carbocycles. The molecule has 0 N–H and O–H groups in total. The second kappa shape index (κ2) is 10.3. The van der Waals surface area contributed by atoms with Crippen LogP contribution in [0.15, 0.2) is 40.6 Å². The van der Waals surface area contributed by atoms with Crippen molar-refractivity contribution in [2.45, 2.75) is 44.7 Å². The molecule has 0 radical (unpaired) electrons. The summed E-state index contributed by atoms with van der Waals surface area (Å²) < 4.78 is 46.5. The number of nitroso groups, excluding NO2 is 1. The molecular weight excluding hydrogens is 431 g/mol. The third-order valence-corrected chi connectivity index (χ3v) is 6.11. The van der Waals surface area contributed by atoms with Crippen LogP contribution in [-0.4, -0.2) is 42.3 Å². The summed E-state index contributed by atoms with van der Waals surface area (Å²) in [6.45, 7) is 2.17. The molecule has 0 spiro atoms. The summed E-state index contributed by atoms with van der Waals surface area (Å²) in [5.74, 6) is 3.84. The smallest absolute Gasteiger partial charge is 0.406 e. The van der Waals surface area contributed by atoms with E-state index in [1.54, 1.807) is 6.07 Å². The highest BCUT2D eigenvalue weighted by atomic mass is 19.4. The first kappa shape index (κ1) is 23.2. The van der Waals surface area contributed by atoms with Gasteiger partial charge in [0.15, 0.2) is 0 Å². The molecule has 1 atom stereocenters. The number of halogens is 3. The minimum atomic E-state index is -4.36. The van der Waals surface area contributed by atoms with Gasteiger partial charge in [0.2, 0.25) is 5.88 Å². The molecule has 5 nitrogen and oxygen atoms in total. The molecule has 1 unspecified atom stereocenters. The zero-order valence-electron chi connectivity index (χ0n) is 18.3. The topological polar surface area (TPSA) is 54.8 Å². The van der Waals surface area contributed by atoms with Crippen molar-refractivity contribution in [3.8, 4) is 17.7 Å². The molecule has 0 amide bonds. The van der Waals surface area contributed by atoms with Crippen molar-refractivity contribution in [2.75, 3.05) is 26.2 Å². The number of nitrogens with zero attached hydrogens (tertiary/aromatic N) is 3. The number of alkyl halides is 3. The third-order valence-electron chi connectivity index (χ3n) is 6.11. The second-order valence-electron chi connectivity index (χ2n) is 8.40. The van der Waals surface area contributed by atoms with Crippen LogP contribution >= 0.6 is 0 Å². The van der Waals surface area contributed by atoms with E-state index in [0.717, 1.165) is 36.6 Å². The monoisotopic (exact) mass is 457 g/mol. The molecule has 0 saturated heterocycles. The summed E-state index contributed by atoms with van der Waals surface area (Å²) in [5.41, 5.74) is 1.62. The van der Waals surface area contributed by atoms with Crippen molar-refractivity contribution in [3.05, 3.63) is 50.9 Å². The normalized spacial score (nSPS) is 21.5. The van der Waals surface area contributed by atoms with Gasteiger partial charge in [-0.15, -0.1) is 4.91 Å². The number of aromatic nitrogens is 1. The molecule has 0 bridgehead atoms. The Morgan fingerprint density at radius 1 is 1.24 bits per heavy atom. The van der Waals surface area contributed by atoms with Crippen LogP contribution in [0.2, 0.25) is 0 Å². The molecule has 174 valence electrons. The molecule has 1 aliphatic heterocycles. The minimum Gasteiger partial charge on any atom is -0.478 e. The van der Waals surface area contributed by atoms with E-state index in [4.69, 9.17) is 4.74 Å². The Labute approximate surface area is 190 Å². The van der Waals surface area contributed by atoms with Crippen LogP contribution in [0.1, 0.15) is 38.5 Å². The number of rotatable bonds is 7. The highest BCUT2D eigenvalue weighted by Gasteiger charge is 2.43. The number of allylic oxidation sites excluding steroid dienone is 2. The Balaban J connectivity index is 1.30. The van der Waals surface area contributed by atoms with Crippen molar-refractivity contribution in [1.29, 1.82) is 0 Å². The van der Waals surface area contributed by atoms with E-state index in [0.29, 0.717) is 61.5 Å². The molecule has 2 heterocycles. The van der Waals surface area contributed by atoms with Crippen molar-refractivity contribution in [2.24, 2.45) is 11.1 Å². The van der Waals surface area contributed by atoms with E-state index < -0.39 is 12.1 Å². The zero-order valence-corrected chi connectivity index (χ0v) is 18.3. The number of hydrogen-bond acceptors (Lipinski definition) is 5. The summed E-state index contributed by atoms with van der Waals surface area (Å²) in [4.78, 5) is 17.5. The number of unbranched alkanes of at least 4 members (excludes halogenated alkanes) is 1. The Kier molecular flexibility index (Phi) is 7.29. The van der Waals surface area contributed by atoms with Crippen LogP contribution in [0.25, 0.3) is 11.8 Å². The fourth-order valence-electron chi connectivity index (χ4n) is 4.42. The fraction of sp³-hybridized carbons (Fsp3) is 0.480. The van der Waals surface area contributed by atoms with Crippen molar-refractivity contribution < 1.29 is 17.9 Å². The number of hydrogen-bond donors (Lipinski definition) is 0. The molecule has 1 aromatic rings. The predicted octanol–water partition coefficient (Wildman–Crippen LogP) is 3.83. The Hall–Kier alpha value is -2.92. The van der Waals surface area contributed by atoms with Gasteiger partial charge in [-0.1, -0.05) is 30.1 Å². The second-order valence-corrected chi connectivity index (χ2v) is 8.40. The van der Waals surface area contributed by atoms with Crippen LogP contribution in [0.4, 0.5) is 13.2 Å². The van der Waals surface area contributed by atoms with Gasteiger partial charge in [0.25, 0.3) is 0 Å². The van der Waals surface area contributed by atoms with Crippen LogP contribution < -0.4 is 15.3 Å². The minimum absolute atomic E-state index is 0.291. The van der Waals surface area contributed by atoms with Gasteiger partial charge >= 0.3 is 6.18 Å². The maximum absolute atomic E-state index is 13.6. The molecule has 33 heavy (non-hydrogen) atoms. The maximum atomic E-state index is 13.6. The first-order chi connectivity index (χ1) is 16.0. The quantitative estimate of drug-likeness (QED) is 0.355. The SMILES string of the molecule is O=NC1=c2nc(OCCCCN3CCC4=C(C3)C(C(F)(F)F)C#CC/C=C\4)ccc2=CCC1. The van der Waals surface area contributed by atoms with E-state index in [9.17, 15) is 18.1 Å². The summed E-state index contributed by atoms with van der Waals surface area (Å²) in [5, 5.41) is 4.57. The first-order valence-corrected chi connectivity index (χ1v) is 11.3. The highest BCUT2D eigenvalue weighted by molar-refractivity contribution is 5.48. The van der Waals surface area contributed by atoms with Gasteiger partial charge in [-0.3, -0.25) is 4.90 Å². The van der Waals surface area contributed by atoms with Crippen LogP contribution in [0.5, 0.6) is 5.88 Å². The molecule has 0 aromatic carbocycles. The summed E-state index contributed by atoms with van der Waals surface area (Å²) in [7, 11) is 0. The third kappa shape index (κ3) is 5.72. The van der Waals surface area contributed by atoms with E-state index in [-0.39, 0.29) is 0 Å². The molecule has 4 rings (SSSR count). The highest BCUT2D eigenvalue weighted by Crippen LogP contribution is 2.36. The molecule has 0 saturated carbocycles. The first-order valence-electron chi connectivity index (χ1n) is 11.3. The average molecular weight is 457 g/mol. The van der Waals surface area contributed by atoms with E-state index in [2.05, 4.69) is 26.9 Å². The van der Waals surface area contributed by atoms with Crippen LogP contribution in [-0.2, 0) is 0 Å². The van der Waals surface area contributed by atoms with Gasteiger partial charge in [0, 0.05) is 25.6 Å². The fourth-order valence-corrected chi connectivity index (χ4v) is 4.42. The van der Waals surface area contributed by atoms with Gasteiger partial charge in [-0.2, -0.15) is 13.2 Å². The van der Waals surface area contributed by atoms with Crippen LogP contribution in [0, 0.1) is 22.7 Å². The maximum Gasteiger partial charge on any atom is 0.406 e. The van der Waals surface area contributed by atoms with E-state index >= 15 is 0 Å². The lowest BCUT2D eigenvalue weighted by molar-refractivity contribution is -0.150. The predicted molar refractivity (Wildman–Crippen MR) is 120 cm³/mol. The van der Waals surface area contributed by atoms with Crippen molar-refractivity contribution >= 4 is 11.8 Å². The molecule has 8 heteroatoms. The van der Waals surface area contributed by atoms with Crippen LogP contribution in [0.3, 0.4) is 0 Å². The summed E-state index contributed by atoms with van der Waals surface area (Å²) >= 11 is 0. The lowest BCUT2D eigenvalue weighted by Crippen LogP contribution is -2.38. The molecule has 1 aromatic heterocycles. The van der Waals surface area contributed by atoms with Gasteiger partial charge in [0.1, 0.15) is 11.6 Å². The van der Waals surface area contributed by atoms with Gasteiger partial charge < -0.3 is 4.74 Å². The van der Waals surface area contributed by atoms with Gasteiger partial charge in [-0.05, 0) is 66.3 Å². The summed E-state index contributed by atoms with van der Waals surface area (Å²) in [6, 6.07) is 3.66. The number of fused-ring (bicyclic) bond motifs is 1. The van der Waals surface area contributed by atoms with E-state index in [1.165, 1.54) is 0 Å². The average Bonchev–Trinajstić information content (AvgIpc) is 2.78.